The lowest BCUT2D eigenvalue weighted by atomic mass is 9.78. The van der Waals surface area contributed by atoms with E-state index in [1.165, 1.54) is 30.0 Å². The molecule has 2 atom stereocenters. The molecule has 2 aromatic carbocycles. The predicted molar refractivity (Wildman–Crippen MR) is 114 cm³/mol. The molecule has 0 unspecified atom stereocenters. The van der Waals surface area contributed by atoms with Gasteiger partial charge in [0.15, 0.2) is 0 Å². The van der Waals surface area contributed by atoms with E-state index in [1.54, 1.807) is 55.6 Å². The molecule has 1 saturated carbocycles. The number of carbonyl (C=O) groups excluding carboxylic acids is 1. The molecule has 5 nitrogen and oxygen atoms in total. The van der Waals surface area contributed by atoms with Gasteiger partial charge in [0.25, 0.3) is 15.9 Å². The molecule has 1 aliphatic carbocycles. The van der Waals surface area contributed by atoms with E-state index in [-0.39, 0.29) is 10.8 Å². The van der Waals surface area contributed by atoms with Gasteiger partial charge in [-0.05, 0) is 68.0 Å². The normalized spacial score (nSPS) is 22.0. The number of piperidine rings is 1. The standard InChI is InChI=1S/C23H28N2O3S/c1-24(20-10-3-2-4-11-20)29(27,28)21-15-13-19(14-16-21)23(26)25-17-7-9-18-8-5-6-12-22(18)25/h2-4,10-11,13-16,18,22H,5-9,12,17H2,1H3/t18-,22+/m1/s1. The predicted octanol–water partition coefficient (Wildman–Crippen LogP) is 4.31. The van der Waals surface area contributed by atoms with Crippen LogP contribution in [0, 0.1) is 5.92 Å². The summed E-state index contributed by atoms with van der Waals surface area (Å²) in [7, 11) is -2.13. The molecule has 1 amide bonds. The van der Waals surface area contributed by atoms with Gasteiger partial charge in [-0.25, -0.2) is 8.42 Å². The molecular formula is C23H28N2O3S. The molecule has 2 aliphatic rings. The molecule has 29 heavy (non-hydrogen) atoms. The molecular weight excluding hydrogens is 384 g/mol. The van der Waals surface area contributed by atoms with E-state index < -0.39 is 10.0 Å². The quantitative estimate of drug-likeness (QED) is 0.752. The van der Waals surface area contributed by atoms with Gasteiger partial charge >= 0.3 is 0 Å². The van der Waals surface area contributed by atoms with E-state index >= 15 is 0 Å². The van der Waals surface area contributed by atoms with E-state index in [4.69, 9.17) is 0 Å². The van der Waals surface area contributed by atoms with E-state index in [1.807, 2.05) is 11.0 Å². The summed E-state index contributed by atoms with van der Waals surface area (Å²) < 4.78 is 27.1. The fourth-order valence-corrected chi connectivity index (χ4v) is 5.94. The second-order valence-corrected chi connectivity index (χ2v) is 10.1. The summed E-state index contributed by atoms with van der Waals surface area (Å²) in [5, 5.41) is 0. The Kier molecular flexibility index (Phi) is 5.63. The molecule has 154 valence electrons. The second-order valence-electron chi connectivity index (χ2n) is 8.09. The van der Waals surface area contributed by atoms with Crippen LogP contribution in [0.1, 0.15) is 48.9 Å². The summed E-state index contributed by atoms with van der Waals surface area (Å²) in [5.41, 5.74) is 1.17. The summed E-state index contributed by atoms with van der Waals surface area (Å²) >= 11 is 0. The molecule has 1 saturated heterocycles. The van der Waals surface area contributed by atoms with Crippen molar-refractivity contribution in [2.24, 2.45) is 5.92 Å². The number of sulfonamides is 1. The average Bonchev–Trinajstić information content (AvgIpc) is 2.78. The van der Waals surface area contributed by atoms with Crippen LogP contribution in [0.2, 0.25) is 0 Å². The Bertz CT molecular complexity index is 955. The molecule has 1 aliphatic heterocycles. The van der Waals surface area contributed by atoms with Crippen molar-refractivity contribution in [3.05, 3.63) is 60.2 Å². The summed E-state index contributed by atoms with van der Waals surface area (Å²) in [6.07, 6.45) is 7.04. The van der Waals surface area contributed by atoms with Gasteiger partial charge < -0.3 is 4.90 Å². The third kappa shape index (κ3) is 3.90. The fraction of sp³-hybridized carbons (Fsp3) is 0.435. The topological polar surface area (TPSA) is 57.7 Å². The third-order valence-electron chi connectivity index (χ3n) is 6.38. The first-order chi connectivity index (χ1) is 14.0. The highest BCUT2D eigenvalue weighted by atomic mass is 32.2. The maximum atomic E-state index is 13.1. The van der Waals surface area contributed by atoms with E-state index in [9.17, 15) is 13.2 Å². The smallest absolute Gasteiger partial charge is 0.264 e. The first kappa shape index (κ1) is 20.0. The van der Waals surface area contributed by atoms with Gasteiger partial charge in [-0.15, -0.1) is 0 Å². The molecule has 0 bridgehead atoms. The molecule has 4 rings (SSSR count). The van der Waals surface area contributed by atoms with Crippen LogP contribution in [-0.2, 0) is 10.0 Å². The van der Waals surface area contributed by atoms with Gasteiger partial charge in [0.1, 0.15) is 0 Å². The molecule has 6 heteroatoms. The number of anilines is 1. The van der Waals surface area contributed by atoms with Crippen LogP contribution < -0.4 is 4.31 Å². The number of rotatable bonds is 4. The number of benzene rings is 2. The van der Waals surface area contributed by atoms with Crippen LogP contribution in [0.4, 0.5) is 5.69 Å². The zero-order valence-electron chi connectivity index (χ0n) is 16.8. The lowest BCUT2D eigenvalue weighted by Crippen LogP contribution is -2.49. The summed E-state index contributed by atoms with van der Waals surface area (Å²) in [4.78, 5) is 15.4. The SMILES string of the molecule is CN(c1ccccc1)S(=O)(=O)c1ccc(C(=O)N2CCC[C@H]3CCCC[C@@H]32)cc1. The van der Waals surface area contributed by atoms with Crippen LogP contribution in [0.3, 0.4) is 0 Å². The highest BCUT2D eigenvalue weighted by Crippen LogP contribution is 2.36. The monoisotopic (exact) mass is 412 g/mol. The minimum absolute atomic E-state index is 0.0296. The first-order valence-electron chi connectivity index (χ1n) is 10.4. The van der Waals surface area contributed by atoms with E-state index in [0.717, 1.165) is 19.4 Å². The maximum Gasteiger partial charge on any atom is 0.264 e. The molecule has 0 aromatic heterocycles. The number of hydrogen-bond acceptors (Lipinski definition) is 3. The van der Waals surface area contributed by atoms with E-state index in [2.05, 4.69) is 0 Å². The Balaban J connectivity index is 1.53. The molecule has 0 N–H and O–H groups in total. The van der Waals surface area contributed by atoms with Crippen molar-refractivity contribution in [3.63, 3.8) is 0 Å². The zero-order chi connectivity index (χ0) is 20.4. The number of fused-ring (bicyclic) bond motifs is 1. The van der Waals surface area contributed by atoms with Gasteiger partial charge in [0.05, 0.1) is 10.6 Å². The summed E-state index contributed by atoms with van der Waals surface area (Å²) in [6.45, 7) is 0.802. The highest BCUT2D eigenvalue weighted by molar-refractivity contribution is 7.92. The van der Waals surface area contributed by atoms with Crippen LogP contribution in [0.15, 0.2) is 59.5 Å². The third-order valence-corrected chi connectivity index (χ3v) is 8.18. The Hall–Kier alpha value is -2.34. The van der Waals surface area contributed by atoms with Gasteiger partial charge in [0.2, 0.25) is 0 Å². The number of para-hydroxylation sites is 1. The van der Waals surface area contributed by atoms with Crippen molar-refractivity contribution in [3.8, 4) is 0 Å². The van der Waals surface area contributed by atoms with Crippen LogP contribution in [0.25, 0.3) is 0 Å². The minimum atomic E-state index is -3.67. The lowest BCUT2D eigenvalue weighted by Gasteiger charge is -2.44. The minimum Gasteiger partial charge on any atom is -0.335 e. The maximum absolute atomic E-state index is 13.1. The number of amides is 1. The largest absolute Gasteiger partial charge is 0.335 e. The average molecular weight is 413 g/mol. The van der Waals surface area contributed by atoms with Gasteiger partial charge in [-0.1, -0.05) is 31.0 Å². The Labute approximate surface area is 173 Å². The number of nitrogens with zero attached hydrogens (tertiary/aromatic N) is 2. The zero-order valence-corrected chi connectivity index (χ0v) is 17.6. The molecule has 2 fully saturated rings. The van der Waals surface area contributed by atoms with Crippen molar-refractivity contribution in [1.29, 1.82) is 0 Å². The van der Waals surface area contributed by atoms with Crippen molar-refractivity contribution in [2.75, 3.05) is 17.9 Å². The van der Waals surface area contributed by atoms with Gasteiger partial charge in [-0.3, -0.25) is 9.10 Å². The molecule has 0 spiro atoms. The van der Waals surface area contributed by atoms with Gasteiger partial charge in [0, 0.05) is 25.2 Å². The second kappa shape index (κ2) is 8.19. The fourth-order valence-electron chi connectivity index (χ4n) is 4.75. The van der Waals surface area contributed by atoms with Crippen molar-refractivity contribution in [1.82, 2.24) is 4.90 Å². The number of likely N-dealkylation sites (tertiary alicyclic amines) is 1. The van der Waals surface area contributed by atoms with Crippen LogP contribution >= 0.6 is 0 Å². The first-order valence-corrected chi connectivity index (χ1v) is 11.9. The van der Waals surface area contributed by atoms with E-state index in [0.29, 0.717) is 23.2 Å². The van der Waals surface area contributed by atoms with Crippen molar-refractivity contribution >= 4 is 21.6 Å². The van der Waals surface area contributed by atoms with Crippen molar-refractivity contribution < 1.29 is 13.2 Å². The Morgan fingerprint density at radius 1 is 0.931 bits per heavy atom. The molecule has 1 heterocycles. The lowest BCUT2D eigenvalue weighted by molar-refractivity contribution is 0.0390. The number of hydrogen-bond donors (Lipinski definition) is 0. The highest BCUT2D eigenvalue weighted by Gasteiger charge is 2.36. The Morgan fingerprint density at radius 3 is 2.31 bits per heavy atom. The van der Waals surface area contributed by atoms with Gasteiger partial charge in [-0.2, -0.15) is 0 Å². The molecule has 0 radical (unpaired) electrons. The van der Waals surface area contributed by atoms with Crippen LogP contribution in [0.5, 0.6) is 0 Å². The summed E-state index contributed by atoms with van der Waals surface area (Å²) in [5.74, 6) is 0.655. The number of carbonyl (C=O) groups is 1. The summed E-state index contributed by atoms with van der Waals surface area (Å²) in [6, 6.07) is 15.7. The van der Waals surface area contributed by atoms with Crippen LogP contribution in [-0.4, -0.2) is 38.9 Å². The molecule has 2 aromatic rings. The Morgan fingerprint density at radius 2 is 1.59 bits per heavy atom. The van der Waals surface area contributed by atoms with Crippen molar-refractivity contribution in [2.45, 2.75) is 49.5 Å².